The molecule has 1 aliphatic heterocycles. The Hall–Kier alpha value is -0.470. The van der Waals surface area contributed by atoms with Gasteiger partial charge in [0.15, 0.2) is 0 Å². The van der Waals surface area contributed by atoms with Crippen LogP contribution in [0.1, 0.15) is 11.6 Å². The molecule has 0 amide bonds. The van der Waals surface area contributed by atoms with Gasteiger partial charge in [0.05, 0.1) is 0 Å². The lowest BCUT2D eigenvalue weighted by molar-refractivity contribution is 0.595. The first kappa shape index (κ1) is 8.14. The maximum Gasteiger partial charge on any atom is 0.0412 e. The highest BCUT2D eigenvalue weighted by molar-refractivity contribution is 7.99. The molecule has 12 heavy (non-hydrogen) atoms. The van der Waals surface area contributed by atoms with E-state index in [1.54, 1.807) is 0 Å². The van der Waals surface area contributed by atoms with Gasteiger partial charge in [-0.3, -0.25) is 0 Å². The lowest BCUT2D eigenvalue weighted by Crippen LogP contribution is -2.30. The van der Waals surface area contributed by atoms with Crippen molar-refractivity contribution in [3.63, 3.8) is 0 Å². The van der Waals surface area contributed by atoms with Crippen LogP contribution in [0.15, 0.2) is 30.3 Å². The number of rotatable bonds is 1. The summed E-state index contributed by atoms with van der Waals surface area (Å²) in [5, 5.41) is 3.51. The molecule has 0 aliphatic carbocycles. The van der Waals surface area contributed by atoms with Crippen LogP contribution in [0, 0.1) is 0 Å². The number of hydrogen-bond acceptors (Lipinski definition) is 2. The molecule has 1 N–H and O–H groups in total. The molecule has 0 aromatic heterocycles. The summed E-state index contributed by atoms with van der Waals surface area (Å²) in [6.45, 7) is 1.14. The summed E-state index contributed by atoms with van der Waals surface area (Å²) in [5.41, 5.74) is 1.42. The van der Waals surface area contributed by atoms with Crippen LogP contribution in [-0.2, 0) is 0 Å². The number of thioether (sulfide) groups is 1. The van der Waals surface area contributed by atoms with Gasteiger partial charge in [0.1, 0.15) is 0 Å². The van der Waals surface area contributed by atoms with Crippen LogP contribution >= 0.6 is 11.8 Å². The molecule has 1 aliphatic rings. The summed E-state index contributed by atoms with van der Waals surface area (Å²) in [5.74, 6) is 2.47. The molecule has 1 saturated heterocycles. The Bertz CT molecular complexity index is 229. The molecule has 0 radical (unpaired) electrons. The van der Waals surface area contributed by atoms with Gasteiger partial charge in [0.2, 0.25) is 0 Å². The van der Waals surface area contributed by atoms with Gasteiger partial charge in [-0.25, -0.2) is 0 Å². The largest absolute Gasteiger partial charge is 0.308 e. The molecule has 0 spiro atoms. The van der Waals surface area contributed by atoms with Crippen molar-refractivity contribution in [1.82, 2.24) is 5.32 Å². The summed E-state index contributed by atoms with van der Waals surface area (Å²) in [6, 6.07) is 11.3. The van der Waals surface area contributed by atoms with E-state index >= 15 is 0 Å². The van der Waals surface area contributed by atoms with E-state index in [1.807, 2.05) is 11.8 Å². The number of nitrogens with one attached hydrogen (secondary N) is 1. The maximum atomic E-state index is 3.51. The van der Waals surface area contributed by atoms with Crippen LogP contribution in [-0.4, -0.2) is 18.1 Å². The van der Waals surface area contributed by atoms with Crippen LogP contribution in [0.5, 0.6) is 0 Å². The SMILES string of the molecule is c1ccc(C2CSCCN2)cc1. The molecule has 1 aromatic rings. The van der Waals surface area contributed by atoms with Gasteiger partial charge in [0.25, 0.3) is 0 Å². The standard InChI is InChI=1S/C10H13NS/c1-2-4-9(5-3-1)10-8-12-7-6-11-10/h1-5,10-11H,6-8H2. The second-order valence-electron chi connectivity index (χ2n) is 2.99. The fourth-order valence-corrected chi connectivity index (χ4v) is 2.44. The van der Waals surface area contributed by atoms with Crippen LogP contribution in [0.3, 0.4) is 0 Å². The monoisotopic (exact) mass is 179 g/mol. The quantitative estimate of drug-likeness (QED) is 0.708. The van der Waals surface area contributed by atoms with E-state index in [2.05, 4.69) is 35.6 Å². The first-order valence-electron chi connectivity index (χ1n) is 4.33. The Morgan fingerprint density at radius 1 is 1.25 bits per heavy atom. The van der Waals surface area contributed by atoms with Gasteiger partial charge in [-0.15, -0.1) is 0 Å². The number of benzene rings is 1. The topological polar surface area (TPSA) is 12.0 Å². The predicted molar refractivity (Wildman–Crippen MR) is 54.5 cm³/mol. The van der Waals surface area contributed by atoms with Crippen molar-refractivity contribution in [1.29, 1.82) is 0 Å². The molecule has 64 valence electrons. The molecule has 1 heterocycles. The molecule has 2 heteroatoms. The van der Waals surface area contributed by atoms with Crippen LogP contribution in [0.2, 0.25) is 0 Å². The van der Waals surface area contributed by atoms with Crippen molar-refractivity contribution >= 4 is 11.8 Å². The zero-order chi connectivity index (χ0) is 8.23. The van der Waals surface area contributed by atoms with E-state index in [-0.39, 0.29) is 0 Å². The Kier molecular flexibility index (Phi) is 2.69. The third-order valence-electron chi connectivity index (χ3n) is 2.12. The highest BCUT2D eigenvalue weighted by atomic mass is 32.2. The molecule has 1 fully saturated rings. The van der Waals surface area contributed by atoms with Crippen LogP contribution in [0.25, 0.3) is 0 Å². The summed E-state index contributed by atoms with van der Waals surface area (Å²) in [4.78, 5) is 0. The Morgan fingerprint density at radius 2 is 2.08 bits per heavy atom. The van der Waals surface area contributed by atoms with E-state index in [0.29, 0.717) is 6.04 Å². The van der Waals surface area contributed by atoms with Crippen LogP contribution < -0.4 is 5.32 Å². The average Bonchev–Trinajstić information content (AvgIpc) is 2.21. The molecular weight excluding hydrogens is 166 g/mol. The molecular formula is C10H13NS. The normalized spacial score (nSPS) is 23.8. The molecule has 1 aromatic carbocycles. The fraction of sp³-hybridized carbons (Fsp3) is 0.400. The third-order valence-corrected chi connectivity index (χ3v) is 3.19. The average molecular weight is 179 g/mol. The first-order valence-corrected chi connectivity index (χ1v) is 5.48. The van der Waals surface area contributed by atoms with Gasteiger partial charge in [-0.05, 0) is 5.56 Å². The Balaban J connectivity index is 2.08. The van der Waals surface area contributed by atoms with Crippen molar-refractivity contribution in [2.24, 2.45) is 0 Å². The summed E-state index contributed by atoms with van der Waals surface area (Å²) < 4.78 is 0. The van der Waals surface area contributed by atoms with E-state index in [1.165, 1.54) is 17.1 Å². The van der Waals surface area contributed by atoms with Crippen LogP contribution in [0.4, 0.5) is 0 Å². The molecule has 0 bridgehead atoms. The second kappa shape index (κ2) is 3.97. The van der Waals surface area contributed by atoms with Gasteiger partial charge in [0, 0.05) is 24.1 Å². The van der Waals surface area contributed by atoms with E-state index < -0.39 is 0 Å². The van der Waals surface area contributed by atoms with Crippen molar-refractivity contribution in [2.75, 3.05) is 18.1 Å². The third kappa shape index (κ3) is 1.82. The highest BCUT2D eigenvalue weighted by Gasteiger charge is 2.13. The zero-order valence-electron chi connectivity index (χ0n) is 6.99. The molecule has 0 saturated carbocycles. The molecule has 1 unspecified atom stereocenters. The zero-order valence-corrected chi connectivity index (χ0v) is 7.81. The smallest absolute Gasteiger partial charge is 0.0412 e. The maximum absolute atomic E-state index is 3.51. The Morgan fingerprint density at radius 3 is 2.75 bits per heavy atom. The van der Waals surface area contributed by atoms with E-state index in [9.17, 15) is 0 Å². The molecule has 1 atom stereocenters. The van der Waals surface area contributed by atoms with Gasteiger partial charge in [-0.1, -0.05) is 30.3 Å². The lowest BCUT2D eigenvalue weighted by Gasteiger charge is -2.23. The minimum absolute atomic E-state index is 0.574. The first-order chi connectivity index (χ1) is 5.97. The van der Waals surface area contributed by atoms with E-state index in [4.69, 9.17) is 0 Å². The van der Waals surface area contributed by atoms with Gasteiger partial charge in [-0.2, -0.15) is 11.8 Å². The predicted octanol–water partition coefficient (Wildman–Crippen LogP) is 2.06. The van der Waals surface area contributed by atoms with E-state index in [0.717, 1.165) is 6.54 Å². The van der Waals surface area contributed by atoms with Crippen molar-refractivity contribution < 1.29 is 0 Å². The van der Waals surface area contributed by atoms with Gasteiger partial charge < -0.3 is 5.32 Å². The fourth-order valence-electron chi connectivity index (χ4n) is 1.46. The van der Waals surface area contributed by atoms with Crippen molar-refractivity contribution in [3.8, 4) is 0 Å². The summed E-state index contributed by atoms with van der Waals surface area (Å²) in [7, 11) is 0. The lowest BCUT2D eigenvalue weighted by atomic mass is 10.1. The summed E-state index contributed by atoms with van der Waals surface area (Å²) in [6.07, 6.45) is 0. The minimum atomic E-state index is 0.574. The van der Waals surface area contributed by atoms with Crippen molar-refractivity contribution in [3.05, 3.63) is 35.9 Å². The summed E-state index contributed by atoms with van der Waals surface area (Å²) >= 11 is 2.04. The molecule has 2 rings (SSSR count). The Labute approximate surface area is 77.6 Å². The number of hydrogen-bond donors (Lipinski definition) is 1. The highest BCUT2D eigenvalue weighted by Crippen LogP contribution is 2.20. The van der Waals surface area contributed by atoms with Crippen molar-refractivity contribution in [2.45, 2.75) is 6.04 Å². The minimum Gasteiger partial charge on any atom is -0.308 e. The molecule has 1 nitrogen and oxygen atoms in total. The van der Waals surface area contributed by atoms with Gasteiger partial charge >= 0.3 is 0 Å². The second-order valence-corrected chi connectivity index (χ2v) is 4.14.